The molecule has 4 aliphatic rings. The minimum Gasteiger partial charge on any atom is -0.481 e. The van der Waals surface area contributed by atoms with E-state index in [9.17, 15) is 5.26 Å². The summed E-state index contributed by atoms with van der Waals surface area (Å²) >= 11 is 0. The molecule has 8 rings (SSSR count). The standard InChI is InChI=1S/C32H33N7O2/c1-32(2)12-22(8-9-41-32)24-10-28(31-25(13-33)16-36-39(31)18-24)23-5-6-29(34-15-23)37-19-26-11-27(20-37)38(26)17-21-4-7-30(40-3)35-14-21/h4-7,10,12,14-16,18,26-27H,8-9,11,17,19-20H2,1-3H3. The van der Waals surface area contributed by atoms with Crippen LogP contribution in [0.4, 0.5) is 5.82 Å². The molecule has 4 aromatic heterocycles. The number of nitrogens with zero attached hydrogens (tertiary/aromatic N) is 7. The Bertz CT molecular complexity index is 1660. The van der Waals surface area contributed by atoms with Crippen molar-refractivity contribution in [1.82, 2.24) is 24.5 Å². The van der Waals surface area contributed by atoms with E-state index in [-0.39, 0.29) is 5.60 Å². The van der Waals surface area contributed by atoms with Gasteiger partial charge in [-0.2, -0.15) is 10.4 Å². The molecule has 9 nitrogen and oxygen atoms in total. The number of anilines is 1. The Morgan fingerprint density at radius 3 is 2.61 bits per heavy atom. The largest absolute Gasteiger partial charge is 0.481 e. The maximum Gasteiger partial charge on any atom is 0.212 e. The second kappa shape index (κ2) is 9.98. The fourth-order valence-corrected chi connectivity index (χ4v) is 6.48. The molecule has 0 saturated carbocycles. The van der Waals surface area contributed by atoms with E-state index >= 15 is 0 Å². The van der Waals surface area contributed by atoms with Crippen LogP contribution < -0.4 is 9.64 Å². The van der Waals surface area contributed by atoms with Crippen LogP contribution in [0.2, 0.25) is 0 Å². The maximum atomic E-state index is 9.80. The van der Waals surface area contributed by atoms with E-state index in [1.54, 1.807) is 13.3 Å². The third-order valence-electron chi connectivity index (χ3n) is 8.57. The van der Waals surface area contributed by atoms with Crippen LogP contribution in [0.15, 0.2) is 61.2 Å². The molecule has 3 saturated heterocycles. The summed E-state index contributed by atoms with van der Waals surface area (Å²) in [4.78, 5) is 14.2. The van der Waals surface area contributed by atoms with Crippen molar-refractivity contribution in [2.75, 3.05) is 31.7 Å². The molecule has 9 heteroatoms. The molecule has 0 aliphatic carbocycles. The van der Waals surface area contributed by atoms with Crippen LogP contribution >= 0.6 is 0 Å². The van der Waals surface area contributed by atoms with Gasteiger partial charge in [-0.1, -0.05) is 6.07 Å². The van der Waals surface area contributed by atoms with Gasteiger partial charge < -0.3 is 14.4 Å². The highest BCUT2D eigenvalue weighted by Crippen LogP contribution is 2.37. The van der Waals surface area contributed by atoms with Gasteiger partial charge in [0.05, 0.1) is 36.6 Å². The molecule has 0 aromatic carbocycles. The number of piperazine rings is 1. The summed E-state index contributed by atoms with van der Waals surface area (Å²) in [5.41, 5.74) is 6.50. The highest BCUT2D eigenvalue weighted by atomic mass is 16.5. The zero-order chi connectivity index (χ0) is 28.1. The van der Waals surface area contributed by atoms with Crippen LogP contribution in [0.25, 0.3) is 22.2 Å². The SMILES string of the molecule is COc1ccc(CN2C3CC2CN(c2ccc(-c4cc(C5=CC(C)(C)OCC5)cn5ncc(C#N)c45)cn2)C3)cn1. The Balaban J connectivity index is 1.13. The molecular weight excluding hydrogens is 514 g/mol. The zero-order valence-electron chi connectivity index (χ0n) is 23.6. The summed E-state index contributed by atoms with van der Waals surface area (Å²) < 4.78 is 12.9. The minimum absolute atomic E-state index is 0.315. The number of piperidine rings is 1. The molecule has 0 spiro atoms. The van der Waals surface area contributed by atoms with Gasteiger partial charge >= 0.3 is 0 Å². The quantitative estimate of drug-likeness (QED) is 0.343. The van der Waals surface area contributed by atoms with Gasteiger partial charge in [-0.3, -0.25) is 4.90 Å². The zero-order valence-corrected chi connectivity index (χ0v) is 23.6. The smallest absolute Gasteiger partial charge is 0.212 e. The number of fused-ring (bicyclic) bond motifs is 3. The van der Waals surface area contributed by atoms with E-state index in [1.807, 2.05) is 29.2 Å². The predicted molar refractivity (Wildman–Crippen MR) is 157 cm³/mol. The molecule has 0 N–H and O–H groups in total. The highest BCUT2D eigenvalue weighted by Gasteiger charge is 2.44. The van der Waals surface area contributed by atoms with E-state index in [0.29, 0.717) is 30.1 Å². The number of nitriles is 1. The van der Waals surface area contributed by atoms with Gasteiger partial charge in [0, 0.05) is 67.5 Å². The lowest BCUT2D eigenvalue weighted by atomic mass is 9.87. The van der Waals surface area contributed by atoms with Gasteiger partial charge in [0.25, 0.3) is 0 Å². The molecule has 41 heavy (non-hydrogen) atoms. The number of pyridine rings is 3. The number of rotatable bonds is 6. The molecule has 2 bridgehead atoms. The van der Waals surface area contributed by atoms with Gasteiger partial charge in [-0.05, 0) is 67.7 Å². The van der Waals surface area contributed by atoms with Crippen molar-refractivity contribution in [3.05, 3.63) is 77.9 Å². The fraction of sp³-hybridized carbons (Fsp3) is 0.375. The Hall–Kier alpha value is -4.26. The molecule has 3 fully saturated rings. The predicted octanol–water partition coefficient (Wildman–Crippen LogP) is 4.72. The van der Waals surface area contributed by atoms with Crippen LogP contribution in [-0.2, 0) is 11.3 Å². The van der Waals surface area contributed by atoms with Crippen molar-refractivity contribution in [3.63, 3.8) is 0 Å². The van der Waals surface area contributed by atoms with Gasteiger partial charge in [0.2, 0.25) is 5.88 Å². The number of aromatic nitrogens is 4. The first kappa shape index (κ1) is 25.7. The van der Waals surface area contributed by atoms with Crippen molar-refractivity contribution in [2.24, 2.45) is 0 Å². The summed E-state index contributed by atoms with van der Waals surface area (Å²) in [6.07, 6.45) is 11.7. The minimum atomic E-state index is -0.315. The molecule has 4 aliphatic heterocycles. The molecule has 0 amide bonds. The molecular formula is C32H33N7O2. The Labute approximate surface area is 239 Å². The van der Waals surface area contributed by atoms with E-state index in [4.69, 9.17) is 14.5 Å². The molecule has 8 heterocycles. The normalized spacial score (nSPS) is 21.7. The van der Waals surface area contributed by atoms with Crippen LogP contribution in [0.3, 0.4) is 0 Å². The van der Waals surface area contributed by atoms with Gasteiger partial charge in [-0.15, -0.1) is 0 Å². The van der Waals surface area contributed by atoms with Crippen LogP contribution in [0, 0.1) is 11.3 Å². The number of ether oxygens (including phenoxy) is 2. The molecule has 0 radical (unpaired) electrons. The average Bonchev–Trinajstić information content (AvgIpc) is 3.42. The van der Waals surface area contributed by atoms with E-state index < -0.39 is 0 Å². The molecule has 2 unspecified atom stereocenters. The first-order valence-corrected chi connectivity index (χ1v) is 14.1. The van der Waals surface area contributed by atoms with Gasteiger partial charge in [0.1, 0.15) is 11.9 Å². The number of methoxy groups -OCH3 is 1. The van der Waals surface area contributed by atoms with Crippen LogP contribution in [0.1, 0.15) is 43.4 Å². The number of hydrogen-bond acceptors (Lipinski definition) is 8. The molecule has 208 valence electrons. The van der Waals surface area contributed by atoms with Crippen molar-refractivity contribution in [3.8, 4) is 23.1 Å². The lowest BCUT2D eigenvalue weighted by molar-refractivity contribution is -0.00876. The summed E-state index contributed by atoms with van der Waals surface area (Å²) in [7, 11) is 1.64. The first-order chi connectivity index (χ1) is 19.9. The van der Waals surface area contributed by atoms with Crippen molar-refractivity contribution in [1.29, 1.82) is 5.26 Å². The summed E-state index contributed by atoms with van der Waals surface area (Å²) in [5, 5.41) is 14.3. The van der Waals surface area contributed by atoms with E-state index in [0.717, 1.165) is 54.1 Å². The summed E-state index contributed by atoms with van der Waals surface area (Å²) in [5.74, 6) is 1.64. The third kappa shape index (κ3) is 4.73. The van der Waals surface area contributed by atoms with Crippen molar-refractivity contribution in [2.45, 2.75) is 50.9 Å². The lowest BCUT2D eigenvalue weighted by Crippen LogP contribution is -2.68. The van der Waals surface area contributed by atoms with E-state index in [2.05, 4.69) is 70.1 Å². The summed E-state index contributed by atoms with van der Waals surface area (Å²) in [6.45, 7) is 7.66. The van der Waals surface area contributed by atoms with E-state index in [1.165, 1.54) is 17.6 Å². The van der Waals surface area contributed by atoms with Crippen LogP contribution in [-0.4, -0.2) is 69.0 Å². The van der Waals surface area contributed by atoms with Crippen molar-refractivity contribution < 1.29 is 9.47 Å². The second-order valence-electron chi connectivity index (χ2n) is 11.7. The van der Waals surface area contributed by atoms with Gasteiger partial charge in [0.15, 0.2) is 0 Å². The highest BCUT2D eigenvalue weighted by molar-refractivity contribution is 5.87. The molecule has 4 aromatic rings. The topological polar surface area (TPSA) is 91.8 Å². The maximum absolute atomic E-state index is 9.80. The number of hydrogen-bond donors (Lipinski definition) is 0. The third-order valence-corrected chi connectivity index (χ3v) is 8.57. The Kier molecular flexibility index (Phi) is 6.25. The van der Waals surface area contributed by atoms with Crippen LogP contribution in [0.5, 0.6) is 5.88 Å². The lowest BCUT2D eigenvalue weighted by Gasteiger charge is -2.56. The molecule has 2 atom stereocenters. The monoisotopic (exact) mass is 547 g/mol. The van der Waals surface area contributed by atoms with Crippen molar-refractivity contribution >= 4 is 16.9 Å². The summed E-state index contributed by atoms with van der Waals surface area (Å²) in [6, 6.07) is 13.8. The Morgan fingerprint density at radius 2 is 1.93 bits per heavy atom. The Morgan fingerprint density at radius 1 is 1.07 bits per heavy atom. The first-order valence-electron chi connectivity index (χ1n) is 14.1. The average molecular weight is 548 g/mol. The van der Waals surface area contributed by atoms with Gasteiger partial charge in [-0.25, -0.2) is 14.5 Å². The second-order valence-corrected chi connectivity index (χ2v) is 11.7. The fourth-order valence-electron chi connectivity index (χ4n) is 6.48.